The number of ether oxygens (including phenoxy) is 1. The van der Waals surface area contributed by atoms with Crippen LogP contribution in [0.3, 0.4) is 0 Å². The summed E-state index contributed by atoms with van der Waals surface area (Å²) in [6.07, 6.45) is 3.99. The summed E-state index contributed by atoms with van der Waals surface area (Å²) in [6.45, 7) is 5.51. The van der Waals surface area contributed by atoms with E-state index < -0.39 is 0 Å². The van der Waals surface area contributed by atoms with E-state index in [4.69, 9.17) is 4.74 Å². The van der Waals surface area contributed by atoms with Gasteiger partial charge in [-0.05, 0) is 32.7 Å². The monoisotopic (exact) mass is 185 g/mol. The van der Waals surface area contributed by atoms with Crippen LogP contribution in [0.5, 0.6) is 0 Å². The summed E-state index contributed by atoms with van der Waals surface area (Å²) in [5.74, 6) is 0.884. The van der Waals surface area contributed by atoms with E-state index in [1.54, 1.807) is 7.11 Å². The first-order valence-corrected chi connectivity index (χ1v) is 5.41. The van der Waals surface area contributed by atoms with Crippen molar-refractivity contribution < 1.29 is 4.74 Å². The minimum atomic E-state index is 0.650. The molecule has 0 N–H and O–H groups in total. The molecule has 0 aromatic heterocycles. The fourth-order valence-electron chi connectivity index (χ4n) is 2.49. The van der Waals surface area contributed by atoms with Gasteiger partial charge in [-0.3, -0.25) is 4.90 Å². The van der Waals surface area contributed by atoms with Crippen LogP contribution < -0.4 is 0 Å². The molecular weight excluding hydrogens is 162 g/mol. The Hall–Kier alpha value is -0.0800. The Morgan fingerprint density at radius 3 is 2.69 bits per heavy atom. The highest BCUT2D eigenvalue weighted by atomic mass is 16.5. The van der Waals surface area contributed by atoms with Crippen molar-refractivity contribution in [2.45, 2.75) is 45.2 Å². The summed E-state index contributed by atoms with van der Waals surface area (Å²) in [4.78, 5) is 2.48. The van der Waals surface area contributed by atoms with Gasteiger partial charge in [0.15, 0.2) is 0 Å². The minimum absolute atomic E-state index is 0.650. The number of likely N-dealkylation sites (tertiary alicyclic amines) is 1. The summed E-state index contributed by atoms with van der Waals surface area (Å²) in [5.41, 5.74) is 0. The Balaban J connectivity index is 2.45. The van der Waals surface area contributed by atoms with E-state index in [-0.39, 0.29) is 0 Å². The number of rotatable bonds is 4. The molecule has 0 spiro atoms. The maximum atomic E-state index is 5.23. The maximum Gasteiger partial charge on any atom is 0.0618 e. The molecule has 1 saturated heterocycles. The van der Waals surface area contributed by atoms with Crippen LogP contribution in [0.25, 0.3) is 0 Å². The second-order valence-electron chi connectivity index (χ2n) is 4.30. The van der Waals surface area contributed by atoms with Gasteiger partial charge in [-0.2, -0.15) is 0 Å². The second kappa shape index (κ2) is 4.97. The van der Waals surface area contributed by atoms with E-state index in [2.05, 4.69) is 25.8 Å². The topological polar surface area (TPSA) is 12.5 Å². The SMILES string of the molecule is CCCC1CC(COC)N(C)C1C. The number of nitrogens with zero attached hydrogens (tertiary/aromatic N) is 1. The van der Waals surface area contributed by atoms with E-state index >= 15 is 0 Å². The van der Waals surface area contributed by atoms with Gasteiger partial charge in [0.25, 0.3) is 0 Å². The lowest BCUT2D eigenvalue weighted by molar-refractivity contribution is 0.116. The zero-order valence-corrected chi connectivity index (χ0v) is 9.42. The largest absolute Gasteiger partial charge is 0.383 e. The summed E-state index contributed by atoms with van der Waals surface area (Å²) in [6, 6.07) is 1.39. The van der Waals surface area contributed by atoms with Crippen molar-refractivity contribution >= 4 is 0 Å². The first kappa shape index (κ1) is 11.0. The Bertz CT molecular complexity index is 133. The van der Waals surface area contributed by atoms with Gasteiger partial charge in [-0.1, -0.05) is 13.3 Å². The maximum absolute atomic E-state index is 5.23. The van der Waals surface area contributed by atoms with E-state index in [1.165, 1.54) is 19.3 Å². The Labute approximate surface area is 82.3 Å². The molecule has 78 valence electrons. The van der Waals surface area contributed by atoms with Crippen molar-refractivity contribution in [3.63, 3.8) is 0 Å². The molecule has 3 unspecified atom stereocenters. The lowest BCUT2D eigenvalue weighted by Crippen LogP contribution is -2.34. The van der Waals surface area contributed by atoms with Crippen molar-refractivity contribution in [3.8, 4) is 0 Å². The molecule has 0 aromatic carbocycles. The van der Waals surface area contributed by atoms with Gasteiger partial charge in [0.05, 0.1) is 6.61 Å². The molecule has 0 bridgehead atoms. The zero-order valence-electron chi connectivity index (χ0n) is 9.42. The molecule has 1 aliphatic heterocycles. The normalized spacial score (nSPS) is 35.5. The van der Waals surface area contributed by atoms with Crippen molar-refractivity contribution in [1.82, 2.24) is 4.90 Å². The van der Waals surface area contributed by atoms with Crippen LogP contribution in [0.15, 0.2) is 0 Å². The van der Waals surface area contributed by atoms with Crippen molar-refractivity contribution in [3.05, 3.63) is 0 Å². The van der Waals surface area contributed by atoms with Crippen LogP contribution >= 0.6 is 0 Å². The third-order valence-electron chi connectivity index (χ3n) is 3.49. The van der Waals surface area contributed by atoms with Crippen molar-refractivity contribution in [1.29, 1.82) is 0 Å². The summed E-state index contributed by atoms with van der Waals surface area (Å²) >= 11 is 0. The average molecular weight is 185 g/mol. The third kappa shape index (κ3) is 2.44. The fraction of sp³-hybridized carbons (Fsp3) is 1.00. The molecule has 13 heavy (non-hydrogen) atoms. The molecule has 1 rings (SSSR count). The molecule has 0 saturated carbocycles. The Kier molecular flexibility index (Phi) is 4.20. The summed E-state index contributed by atoms with van der Waals surface area (Å²) in [7, 11) is 4.02. The van der Waals surface area contributed by atoms with Gasteiger partial charge in [-0.25, -0.2) is 0 Å². The number of hydrogen-bond donors (Lipinski definition) is 0. The predicted molar refractivity (Wildman–Crippen MR) is 55.9 cm³/mol. The van der Waals surface area contributed by atoms with E-state index in [0.717, 1.165) is 18.6 Å². The lowest BCUT2D eigenvalue weighted by Gasteiger charge is -2.23. The molecule has 2 heteroatoms. The highest BCUT2D eigenvalue weighted by Gasteiger charge is 2.34. The van der Waals surface area contributed by atoms with E-state index in [1.807, 2.05) is 0 Å². The van der Waals surface area contributed by atoms with Crippen LogP contribution in [-0.4, -0.2) is 37.7 Å². The van der Waals surface area contributed by atoms with Crippen LogP contribution in [0.4, 0.5) is 0 Å². The Morgan fingerprint density at radius 2 is 2.15 bits per heavy atom. The standard InChI is InChI=1S/C11H23NO/c1-5-6-10-7-11(8-13-4)12(3)9(10)2/h9-11H,5-8H2,1-4H3. The quantitative estimate of drug-likeness (QED) is 0.665. The molecular formula is C11H23NO. The predicted octanol–water partition coefficient (Wildman–Crippen LogP) is 2.14. The summed E-state index contributed by atoms with van der Waals surface area (Å²) in [5, 5.41) is 0. The van der Waals surface area contributed by atoms with Crippen molar-refractivity contribution in [2.75, 3.05) is 20.8 Å². The molecule has 1 aliphatic rings. The van der Waals surface area contributed by atoms with E-state index in [9.17, 15) is 0 Å². The summed E-state index contributed by atoms with van der Waals surface area (Å²) < 4.78 is 5.23. The molecule has 0 amide bonds. The second-order valence-corrected chi connectivity index (χ2v) is 4.30. The number of likely N-dealkylation sites (N-methyl/N-ethyl adjacent to an activating group) is 1. The fourth-order valence-corrected chi connectivity index (χ4v) is 2.49. The van der Waals surface area contributed by atoms with Gasteiger partial charge in [-0.15, -0.1) is 0 Å². The minimum Gasteiger partial charge on any atom is -0.383 e. The van der Waals surface area contributed by atoms with Gasteiger partial charge in [0.2, 0.25) is 0 Å². The zero-order chi connectivity index (χ0) is 9.84. The van der Waals surface area contributed by atoms with Gasteiger partial charge in [0.1, 0.15) is 0 Å². The first-order chi connectivity index (χ1) is 6.20. The molecule has 1 heterocycles. The molecule has 2 nitrogen and oxygen atoms in total. The molecule has 0 aromatic rings. The van der Waals surface area contributed by atoms with E-state index in [0.29, 0.717) is 6.04 Å². The van der Waals surface area contributed by atoms with Crippen LogP contribution in [-0.2, 0) is 4.74 Å². The Morgan fingerprint density at radius 1 is 1.46 bits per heavy atom. The smallest absolute Gasteiger partial charge is 0.0618 e. The first-order valence-electron chi connectivity index (χ1n) is 5.41. The van der Waals surface area contributed by atoms with Crippen LogP contribution in [0, 0.1) is 5.92 Å². The highest BCUT2D eigenvalue weighted by molar-refractivity contribution is 4.89. The highest BCUT2D eigenvalue weighted by Crippen LogP contribution is 2.31. The van der Waals surface area contributed by atoms with Crippen molar-refractivity contribution in [2.24, 2.45) is 5.92 Å². The molecule has 3 atom stereocenters. The lowest BCUT2D eigenvalue weighted by atomic mass is 9.95. The number of methoxy groups -OCH3 is 1. The van der Waals surface area contributed by atoms with Gasteiger partial charge in [0, 0.05) is 19.2 Å². The molecule has 0 aliphatic carbocycles. The van der Waals surface area contributed by atoms with Crippen LogP contribution in [0.2, 0.25) is 0 Å². The molecule has 0 radical (unpaired) electrons. The van der Waals surface area contributed by atoms with Gasteiger partial charge < -0.3 is 4.74 Å². The number of hydrogen-bond acceptors (Lipinski definition) is 2. The molecule has 1 fully saturated rings. The third-order valence-corrected chi connectivity index (χ3v) is 3.49. The van der Waals surface area contributed by atoms with Gasteiger partial charge >= 0.3 is 0 Å². The van der Waals surface area contributed by atoms with Crippen LogP contribution in [0.1, 0.15) is 33.1 Å². The average Bonchev–Trinajstić information content (AvgIpc) is 2.36.